The summed E-state index contributed by atoms with van der Waals surface area (Å²) in [7, 11) is 0. The zero-order valence-corrected chi connectivity index (χ0v) is 13.1. The van der Waals surface area contributed by atoms with Gasteiger partial charge in [0.15, 0.2) is 11.5 Å². The topological polar surface area (TPSA) is 130 Å². The van der Waals surface area contributed by atoms with Crippen LogP contribution in [-0.2, 0) is 23.9 Å². The molecule has 0 heterocycles. The first kappa shape index (κ1) is 19.0. The van der Waals surface area contributed by atoms with Crippen LogP contribution >= 0.6 is 0 Å². The molecule has 0 saturated heterocycles. The second kappa shape index (κ2) is 8.56. The van der Waals surface area contributed by atoms with Gasteiger partial charge in [0.2, 0.25) is 6.10 Å². The molecule has 0 saturated carbocycles. The van der Waals surface area contributed by atoms with Crippen LogP contribution in [0.15, 0.2) is 24.3 Å². The number of phenolic OH excluding ortho intramolecular Hbond substituents is 2. The largest absolute Gasteiger partial charge is 0.504 e. The summed E-state index contributed by atoms with van der Waals surface area (Å²) in [5.41, 5.74) is 0.391. The number of aromatic hydroxyl groups is 2. The number of carbonyl (C=O) groups is 3. The molecule has 1 aromatic rings. The highest BCUT2D eigenvalue weighted by Crippen LogP contribution is 2.25. The molecule has 8 nitrogen and oxygen atoms in total. The molecule has 1 unspecified atom stereocenters. The normalized spacial score (nSPS) is 12.1. The first-order valence-corrected chi connectivity index (χ1v) is 7.02. The Hall–Kier alpha value is -3.03. The van der Waals surface area contributed by atoms with Crippen LogP contribution in [0, 0.1) is 0 Å². The van der Waals surface area contributed by atoms with E-state index in [0.29, 0.717) is 5.56 Å². The summed E-state index contributed by atoms with van der Waals surface area (Å²) in [4.78, 5) is 34.2. The van der Waals surface area contributed by atoms with E-state index in [0.717, 1.165) is 6.08 Å². The Morgan fingerprint density at radius 1 is 1.12 bits per heavy atom. The number of ether oxygens (including phenoxy) is 2. The number of rotatable bonds is 7. The van der Waals surface area contributed by atoms with E-state index in [1.54, 1.807) is 13.8 Å². The summed E-state index contributed by atoms with van der Waals surface area (Å²) in [5, 5.41) is 27.3. The van der Waals surface area contributed by atoms with Gasteiger partial charge in [0.05, 0.1) is 12.5 Å². The highest BCUT2D eigenvalue weighted by atomic mass is 16.6. The fourth-order valence-corrected chi connectivity index (χ4v) is 1.63. The van der Waals surface area contributed by atoms with Crippen molar-refractivity contribution in [1.29, 1.82) is 0 Å². The number of aliphatic carboxylic acids is 1. The Bertz CT molecular complexity index is 647. The summed E-state index contributed by atoms with van der Waals surface area (Å²) in [6, 6.07) is 3.87. The monoisotopic (exact) mass is 338 g/mol. The maximum Gasteiger partial charge on any atom is 0.348 e. The van der Waals surface area contributed by atoms with Crippen LogP contribution in [0.1, 0.15) is 25.8 Å². The van der Waals surface area contributed by atoms with Crippen LogP contribution < -0.4 is 0 Å². The molecular weight excluding hydrogens is 320 g/mol. The van der Waals surface area contributed by atoms with Crippen molar-refractivity contribution in [1.82, 2.24) is 0 Å². The molecule has 0 aliphatic rings. The lowest BCUT2D eigenvalue weighted by Gasteiger charge is -2.16. The van der Waals surface area contributed by atoms with E-state index in [1.165, 1.54) is 24.3 Å². The van der Waals surface area contributed by atoms with Crippen molar-refractivity contribution in [3.05, 3.63) is 29.8 Å². The SMILES string of the molecule is CC(C)OC(=O)C(CC(=O)O)OC(=O)/C=C/c1ccc(O)c(O)c1. The number of carboxylic acids is 1. The summed E-state index contributed by atoms with van der Waals surface area (Å²) in [6.07, 6.45) is -0.528. The van der Waals surface area contributed by atoms with E-state index in [4.69, 9.17) is 14.6 Å². The predicted molar refractivity (Wildman–Crippen MR) is 82.2 cm³/mol. The van der Waals surface area contributed by atoms with Crippen molar-refractivity contribution in [3.8, 4) is 11.5 Å². The van der Waals surface area contributed by atoms with Crippen molar-refractivity contribution >= 4 is 24.0 Å². The van der Waals surface area contributed by atoms with E-state index in [1.807, 2.05) is 0 Å². The van der Waals surface area contributed by atoms with Crippen LogP contribution in [-0.4, -0.2) is 45.4 Å². The minimum atomic E-state index is -1.56. The highest BCUT2D eigenvalue weighted by Gasteiger charge is 2.27. The average molecular weight is 338 g/mol. The van der Waals surface area contributed by atoms with Gasteiger partial charge < -0.3 is 24.8 Å². The van der Waals surface area contributed by atoms with Crippen molar-refractivity contribution in [2.75, 3.05) is 0 Å². The van der Waals surface area contributed by atoms with Crippen molar-refractivity contribution < 1.29 is 39.2 Å². The molecule has 0 radical (unpaired) electrons. The van der Waals surface area contributed by atoms with E-state index >= 15 is 0 Å². The van der Waals surface area contributed by atoms with Gasteiger partial charge in [-0.25, -0.2) is 9.59 Å². The van der Waals surface area contributed by atoms with Crippen LogP contribution in [0.4, 0.5) is 0 Å². The fourth-order valence-electron chi connectivity index (χ4n) is 1.63. The van der Waals surface area contributed by atoms with E-state index in [9.17, 15) is 24.6 Å². The van der Waals surface area contributed by atoms with Gasteiger partial charge in [-0.05, 0) is 37.6 Å². The van der Waals surface area contributed by atoms with Gasteiger partial charge in [0.25, 0.3) is 0 Å². The number of hydrogen-bond donors (Lipinski definition) is 3. The second-order valence-corrected chi connectivity index (χ2v) is 5.09. The molecule has 3 N–H and O–H groups in total. The third kappa shape index (κ3) is 6.39. The number of phenols is 2. The summed E-state index contributed by atoms with van der Waals surface area (Å²) < 4.78 is 9.65. The van der Waals surface area contributed by atoms with Crippen LogP contribution in [0.5, 0.6) is 11.5 Å². The summed E-state index contributed by atoms with van der Waals surface area (Å²) in [6.45, 7) is 3.16. The molecule has 0 aliphatic heterocycles. The molecule has 0 aromatic heterocycles. The maximum absolute atomic E-state index is 11.7. The summed E-state index contributed by atoms with van der Waals surface area (Å²) in [5.74, 6) is -3.89. The third-order valence-electron chi connectivity index (χ3n) is 2.64. The molecule has 0 spiro atoms. The van der Waals surface area contributed by atoms with Gasteiger partial charge in [0.1, 0.15) is 0 Å². The zero-order chi connectivity index (χ0) is 18.3. The van der Waals surface area contributed by atoms with Crippen LogP contribution in [0.3, 0.4) is 0 Å². The zero-order valence-electron chi connectivity index (χ0n) is 13.1. The van der Waals surface area contributed by atoms with E-state index in [-0.39, 0.29) is 11.5 Å². The quantitative estimate of drug-likeness (QED) is 0.387. The smallest absolute Gasteiger partial charge is 0.348 e. The number of esters is 2. The average Bonchev–Trinajstić information content (AvgIpc) is 2.46. The molecule has 1 rings (SSSR count). The van der Waals surface area contributed by atoms with Gasteiger partial charge in [0, 0.05) is 6.08 Å². The molecule has 0 bridgehead atoms. The Balaban J connectivity index is 2.76. The van der Waals surface area contributed by atoms with Gasteiger partial charge in [-0.3, -0.25) is 4.79 Å². The second-order valence-electron chi connectivity index (χ2n) is 5.09. The molecule has 0 fully saturated rings. The number of hydrogen-bond acceptors (Lipinski definition) is 7. The molecular formula is C16H18O8. The van der Waals surface area contributed by atoms with Crippen molar-refractivity contribution in [3.63, 3.8) is 0 Å². The van der Waals surface area contributed by atoms with Gasteiger partial charge in [-0.15, -0.1) is 0 Å². The maximum atomic E-state index is 11.7. The van der Waals surface area contributed by atoms with Crippen molar-refractivity contribution in [2.45, 2.75) is 32.5 Å². The standard InChI is InChI=1S/C16H18O8/c1-9(2)23-16(22)13(8-14(19)20)24-15(21)6-4-10-3-5-11(17)12(18)7-10/h3-7,9,13,17-18H,8H2,1-2H3,(H,19,20)/b6-4+. The minimum Gasteiger partial charge on any atom is -0.504 e. The molecule has 1 atom stereocenters. The number of carbonyl (C=O) groups excluding carboxylic acids is 2. The number of carboxylic acid groups (broad SMARTS) is 1. The van der Waals surface area contributed by atoms with Crippen molar-refractivity contribution in [2.24, 2.45) is 0 Å². The summed E-state index contributed by atoms with van der Waals surface area (Å²) >= 11 is 0. The molecule has 8 heteroatoms. The lowest BCUT2D eigenvalue weighted by Crippen LogP contribution is -2.32. The lowest BCUT2D eigenvalue weighted by atomic mass is 10.2. The van der Waals surface area contributed by atoms with Gasteiger partial charge in [-0.2, -0.15) is 0 Å². The molecule has 0 aliphatic carbocycles. The Kier molecular flexibility index (Phi) is 6.79. The molecule has 24 heavy (non-hydrogen) atoms. The first-order chi connectivity index (χ1) is 11.2. The Morgan fingerprint density at radius 3 is 2.33 bits per heavy atom. The predicted octanol–water partition coefficient (Wildman–Crippen LogP) is 1.45. The third-order valence-corrected chi connectivity index (χ3v) is 2.64. The highest BCUT2D eigenvalue weighted by molar-refractivity contribution is 5.90. The molecule has 1 aromatic carbocycles. The fraction of sp³-hybridized carbons (Fsp3) is 0.312. The van der Waals surface area contributed by atoms with E-state index in [2.05, 4.69) is 0 Å². The first-order valence-electron chi connectivity index (χ1n) is 7.02. The number of benzene rings is 1. The molecule has 0 amide bonds. The minimum absolute atomic E-state index is 0.312. The van der Waals surface area contributed by atoms with Gasteiger partial charge >= 0.3 is 17.9 Å². The molecule has 130 valence electrons. The van der Waals surface area contributed by atoms with Crippen LogP contribution in [0.2, 0.25) is 0 Å². The van der Waals surface area contributed by atoms with Gasteiger partial charge in [-0.1, -0.05) is 6.07 Å². The van der Waals surface area contributed by atoms with E-state index < -0.39 is 36.5 Å². The lowest BCUT2D eigenvalue weighted by molar-refractivity contribution is -0.171. The Labute approximate surface area is 137 Å². The Morgan fingerprint density at radius 2 is 1.79 bits per heavy atom. The van der Waals surface area contributed by atoms with Crippen LogP contribution in [0.25, 0.3) is 6.08 Å².